The van der Waals surface area contributed by atoms with E-state index in [9.17, 15) is 8.42 Å². The predicted molar refractivity (Wildman–Crippen MR) is 79.5 cm³/mol. The first kappa shape index (κ1) is 16.6. The van der Waals surface area contributed by atoms with Gasteiger partial charge in [-0.2, -0.15) is 4.31 Å². The van der Waals surface area contributed by atoms with E-state index in [4.69, 9.17) is 5.11 Å². The van der Waals surface area contributed by atoms with Gasteiger partial charge in [-0.1, -0.05) is 31.9 Å². The van der Waals surface area contributed by atoms with E-state index in [1.165, 1.54) is 4.31 Å². The number of rotatable bonds is 8. The predicted octanol–water partition coefficient (Wildman–Crippen LogP) is 2.62. The summed E-state index contributed by atoms with van der Waals surface area (Å²) in [5.74, 6) is 0. The highest BCUT2D eigenvalue weighted by atomic mass is 79.9. The van der Waals surface area contributed by atoms with Crippen LogP contribution in [-0.2, 0) is 10.0 Å². The van der Waals surface area contributed by atoms with Gasteiger partial charge >= 0.3 is 0 Å². The number of aliphatic hydroxyl groups excluding tert-OH is 1. The molecule has 1 aromatic carbocycles. The number of aliphatic hydroxyl groups is 1. The minimum atomic E-state index is -3.55. The molecule has 0 heterocycles. The first-order valence-corrected chi connectivity index (χ1v) is 8.63. The van der Waals surface area contributed by atoms with Crippen LogP contribution in [0.2, 0.25) is 0 Å². The van der Waals surface area contributed by atoms with Crippen LogP contribution in [0.4, 0.5) is 0 Å². The van der Waals surface area contributed by atoms with E-state index in [2.05, 4.69) is 22.9 Å². The lowest BCUT2D eigenvalue weighted by atomic mass is 10.2. The standard InChI is InChI=1S/C13H20BrNO3S/c1-2-3-6-9-15(10-11-16)19(17,18)13-8-5-4-7-12(13)14/h4-5,7-8,16H,2-3,6,9-11H2,1H3. The number of benzene rings is 1. The molecule has 0 bridgehead atoms. The zero-order chi connectivity index (χ0) is 14.3. The highest BCUT2D eigenvalue weighted by molar-refractivity contribution is 9.10. The van der Waals surface area contributed by atoms with E-state index in [-0.39, 0.29) is 18.0 Å². The van der Waals surface area contributed by atoms with Crippen LogP contribution >= 0.6 is 15.9 Å². The molecular weight excluding hydrogens is 330 g/mol. The Hall–Kier alpha value is -0.430. The first-order valence-electron chi connectivity index (χ1n) is 6.39. The number of sulfonamides is 1. The quantitative estimate of drug-likeness (QED) is 0.734. The molecule has 1 rings (SSSR count). The topological polar surface area (TPSA) is 57.6 Å². The summed E-state index contributed by atoms with van der Waals surface area (Å²) >= 11 is 3.27. The Morgan fingerprint density at radius 3 is 2.47 bits per heavy atom. The van der Waals surface area contributed by atoms with Crippen molar-refractivity contribution in [2.75, 3.05) is 19.7 Å². The molecule has 0 saturated heterocycles. The van der Waals surface area contributed by atoms with Gasteiger partial charge in [0, 0.05) is 17.6 Å². The zero-order valence-electron chi connectivity index (χ0n) is 11.0. The third-order valence-corrected chi connectivity index (χ3v) is 5.73. The Morgan fingerprint density at radius 2 is 1.89 bits per heavy atom. The molecule has 0 atom stereocenters. The third kappa shape index (κ3) is 4.56. The zero-order valence-corrected chi connectivity index (χ0v) is 13.5. The van der Waals surface area contributed by atoms with E-state index in [0.717, 1.165) is 19.3 Å². The minimum Gasteiger partial charge on any atom is -0.395 e. The summed E-state index contributed by atoms with van der Waals surface area (Å²) in [5, 5.41) is 9.05. The number of hydrogen-bond donors (Lipinski definition) is 1. The van der Waals surface area contributed by atoms with Crippen molar-refractivity contribution in [2.24, 2.45) is 0 Å². The maximum atomic E-state index is 12.5. The van der Waals surface area contributed by atoms with Crippen molar-refractivity contribution in [1.82, 2.24) is 4.31 Å². The monoisotopic (exact) mass is 349 g/mol. The molecule has 0 unspecified atom stereocenters. The van der Waals surface area contributed by atoms with E-state index < -0.39 is 10.0 Å². The van der Waals surface area contributed by atoms with Crippen molar-refractivity contribution in [3.05, 3.63) is 28.7 Å². The molecular formula is C13H20BrNO3S. The molecule has 0 aliphatic carbocycles. The van der Waals surface area contributed by atoms with Crippen molar-refractivity contribution in [2.45, 2.75) is 31.1 Å². The molecule has 0 aromatic heterocycles. The van der Waals surface area contributed by atoms with Gasteiger partial charge in [-0.25, -0.2) is 8.42 Å². The van der Waals surface area contributed by atoms with Crippen LogP contribution in [0.3, 0.4) is 0 Å². The molecule has 19 heavy (non-hydrogen) atoms. The highest BCUT2D eigenvalue weighted by Gasteiger charge is 2.25. The lowest BCUT2D eigenvalue weighted by Crippen LogP contribution is -2.34. The number of hydrogen-bond acceptors (Lipinski definition) is 3. The average molecular weight is 350 g/mol. The molecule has 0 amide bonds. The molecule has 0 saturated carbocycles. The highest BCUT2D eigenvalue weighted by Crippen LogP contribution is 2.24. The van der Waals surface area contributed by atoms with E-state index in [1.54, 1.807) is 24.3 Å². The third-order valence-electron chi connectivity index (χ3n) is 2.81. The number of nitrogens with zero attached hydrogens (tertiary/aromatic N) is 1. The van der Waals surface area contributed by atoms with Crippen LogP contribution in [0.5, 0.6) is 0 Å². The molecule has 0 aliphatic rings. The van der Waals surface area contributed by atoms with E-state index >= 15 is 0 Å². The van der Waals surface area contributed by atoms with Gasteiger partial charge in [-0.3, -0.25) is 0 Å². The van der Waals surface area contributed by atoms with E-state index in [1.807, 2.05) is 0 Å². The lowest BCUT2D eigenvalue weighted by molar-refractivity contribution is 0.252. The van der Waals surface area contributed by atoms with Crippen molar-refractivity contribution in [1.29, 1.82) is 0 Å². The summed E-state index contributed by atoms with van der Waals surface area (Å²) in [6.45, 7) is 2.47. The molecule has 1 aromatic rings. The van der Waals surface area contributed by atoms with Crippen molar-refractivity contribution >= 4 is 26.0 Å². The Labute approximate surface area is 123 Å². The summed E-state index contributed by atoms with van der Waals surface area (Å²) in [6.07, 6.45) is 2.82. The molecule has 0 radical (unpaired) electrons. The molecule has 1 N–H and O–H groups in total. The van der Waals surface area contributed by atoms with Gasteiger partial charge in [0.25, 0.3) is 0 Å². The summed E-state index contributed by atoms with van der Waals surface area (Å²) in [5.41, 5.74) is 0. The van der Waals surface area contributed by atoms with Gasteiger partial charge in [-0.15, -0.1) is 0 Å². The van der Waals surface area contributed by atoms with Crippen LogP contribution in [-0.4, -0.2) is 37.5 Å². The summed E-state index contributed by atoms with van der Waals surface area (Å²) in [6, 6.07) is 6.75. The molecule has 0 spiro atoms. The number of halogens is 1. The Balaban J connectivity index is 2.96. The van der Waals surface area contributed by atoms with E-state index in [0.29, 0.717) is 11.0 Å². The molecule has 0 aliphatic heterocycles. The maximum Gasteiger partial charge on any atom is 0.244 e. The minimum absolute atomic E-state index is 0.132. The van der Waals surface area contributed by atoms with Gasteiger partial charge in [0.2, 0.25) is 10.0 Å². The van der Waals surface area contributed by atoms with Crippen molar-refractivity contribution in [3.63, 3.8) is 0 Å². The Morgan fingerprint density at radius 1 is 1.21 bits per heavy atom. The van der Waals surface area contributed by atoms with Crippen LogP contribution in [0, 0.1) is 0 Å². The average Bonchev–Trinajstić information content (AvgIpc) is 2.38. The fourth-order valence-corrected chi connectivity index (χ4v) is 4.23. The molecule has 4 nitrogen and oxygen atoms in total. The maximum absolute atomic E-state index is 12.5. The molecule has 6 heteroatoms. The van der Waals surface area contributed by atoms with Crippen LogP contribution < -0.4 is 0 Å². The lowest BCUT2D eigenvalue weighted by Gasteiger charge is -2.21. The summed E-state index contributed by atoms with van der Waals surface area (Å²) in [7, 11) is -3.55. The fraction of sp³-hybridized carbons (Fsp3) is 0.538. The van der Waals surface area contributed by atoms with Gasteiger partial charge in [0.15, 0.2) is 0 Å². The second-order valence-corrected chi connectivity index (χ2v) is 7.03. The van der Waals surface area contributed by atoms with Crippen molar-refractivity contribution < 1.29 is 13.5 Å². The van der Waals surface area contributed by atoms with Gasteiger partial charge in [-0.05, 0) is 34.5 Å². The van der Waals surface area contributed by atoms with Gasteiger partial charge in [0.1, 0.15) is 0 Å². The van der Waals surface area contributed by atoms with Gasteiger partial charge in [0.05, 0.1) is 11.5 Å². The van der Waals surface area contributed by atoms with Crippen LogP contribution in [0.15, 0.2) is 33.6 Å². The normalized spacial score (nSPS) is 12.0. The number of unbranched alkanes of at least 4 members (excludes halogenated alkanes) is 2. The fourth-order valence-electron chi connectivity index (χ4n) is 1.79. The SMILES string of the molecule is CCCCCN(CCO)S(=O)(=O)c1ccccc1Br. The Kier molecular flexibility index (Phi) is 6.99. The van der Waals surface area contributed by atoms with Gasteiger partial charge < -0.3 is 5.11 Å². The molecule has 0 fully saturated rings. The first-order chi connectivity index (χ1) is 9.04. The summed E-state index contributed by atoms with van der Waals surface area (Å²) in [4.78, 5) is 0.250. The Bertz CT molecular complexity index is 490. The largest absolute Gasteiger partial charge is 0.395 e. The van der Waals surface area contributed by atoms with Crippen molar-refractivity contribution in [3.8, 4) is 0 Å². The second-order valence-electron chi connectivity index (χ2n) is 4.27. The van der Waals surface area contributed by atoms with Crippen LogP contribution in [0.25, 0.3) is 0 Å². The second kappa shape index (κ2) is 7.99. The van der Waals surface area contributed by atoms with Crippen LogP contribution in [0.1, 0.15) is 26.2 Å². The summed E-state index contributed by atoms with van der Waals surface area (Å²) < 4.78 is 26.9. The molecule has 108 valence electrons. The smallest absolute Gasteiger partial charge is 0.244 e.